The van der Waals surface area contributed by atoms with E-state index >= 15 is 0 Å². The van der Waals surface area contributed by atoms with Crippen LogP contribution in [-0.2, 0) is 14.3 Å². The van der Waals surface area contributed by atoms with Gasteiger partial charge in [-0.1, -0.05) is 0 Å². The third-order valence-corrected chi connectivity index (χ3v) is 1.89. The van der Waals surface area contributed by atoms with Crippen LogP contribution in [0.1, 0.15) is 20.8 Å². The van der Waals surface area contributed by atoms with Crippen LogP contribution >= 0.6 is 0 Å². The molecule has 0 bridgehead atoms. The van der Waals surface area contributed by atoms with E-state index < -0.39 is 11.5 Å². The SMILES string of the molecule is CCOCCOCC(C)(O)/C=C(\C)C(N)=O. The van der Waals surface area contributed by atoms with E-state index in [2.05, 4.69) is 0 Å². The van der Waals surface area contributed by atoms with Crippen molar-refractivity contribution < 1.29 is 19.4 Å². The van der Waals surface area contributed by atoms with E-state index in [-0.39, 0.29) is 6.61 Å². The molecule has 1 amide bonds. The zero-order valence-electron chi connectivity index (χ0n) is 10.2. The van der Waals surface area contributed by atoms with Crippen LogP contribution in [-0.4, -0.2) is 43.0 Å². The van der Waals surface area contributed by atoms with E-state index in [0.717, 1.165) is 0 Å². The molecule has 3 N–H and O–H groups in total. The van der Waals surface area contributed by atoms with Crippen molar-refractivity contribution in [3.05, 3.63) is 11.6 Å². The maximum absolute atomic E-state index is 10.8. The molecule has 1 atom stereocenters. The third kappa shape index (κ3) is 7.39. The number of primary amides is 1. The van der Waals surface area contributed by atoms with E-state index in [0.29, 0.717) is 25.4 Å². The van der Waals surface area contributed by atoms with Gasteiger partial charge in [0.1, 0.15) is 5.60 Å². The highest BCUT2D eigenvalue weighted by Gasteiger charge is 2.18. The quantitative estimate of drug-likeness (QED) is 0.462. The Balaban J connectivity index is 3.96. The Morgan fingerprint density at radius 1 is 1.44 bits per heavy atom. The molecule has 94 valence electrons. The van der Waals surface area contributed by atoms with Crippen molar-refractivity contribution in [3.8, 4) is 0 Å². The minimum atomic E-state index is -1.19. The molecule has 0 saturated heterocycles. The summed E-state index contributed by atoms with van der Waals surface area (Å²) in [6.07, 6.45) is 1.40. The van der Waals surface area contributed by atoms with Gasteiger partial charge in [-0.2, -0.15) is 0 Å². The topological polar surface area (TPSA) is 81.8 Å². The summed E-state index contributed by atoms with van der Waals surface area (Å²) in [5, 5.41) is 9.84. The van der Waals surface area contributed by atoms with Crippen LogP contribution in [0.4, 0.5) is 0 Å². The van der Waals surface area contributed by atoms with Gasteiger partial charge in [-0.25, -0.2) is 0 Å². The predicted molar refractivity (Wildman–Crippen MR) is 60.9 cm³/mol. The van der Waals surface area contributed by atoms with Crippen LogP contribution in [0.5, 0.6) is 0 Å². The van der Waals surface area contributed by atoms with Gasteiger partial charge in [0.25, 0.3) is 0 Å². The number of carbonyl (C=O) groups is 1. The van der Waals surface area contributed by atoms with E-state index in [1.807, 2.05) is 6.92 Å². The average molecular weight is 231 g/mol. The van der Waals surface area contributed by atoms with Crippen molar-refractivity contribution in [1.29, 1.82) is 0 Å². The van der Waals surface area contributed by atoms with Crippen molar-refractivity contribution in [2.45, 2.75) is 26.4 Å². The first-order chi connectivity index (χ1) is 7.39. The lowest BCUT2D eigenvalue weighted by atomic mass is 10.0. The van der Waals surface area contributed by atoms with Gasteiger partial charge in [0.15, 0.2) is 0 Å². The van der Waals surface area contributed by atoms with Gasteiger partial charge >= 0.3 is 0 Å². The molecule has 0 spiro atoms. The van der Waals surface area contributed by atoms with Gasteiger partial charge in [-0.3, -0.25) is 4.79 Å². The summed E-state index contributed by atoms with van der Waals surface area (Å²) in [5.74, 6) is -0.547. The molecule has 0 aliphatic rings. The van der Waals surface area contributed by atoms with E-state index in [1.54, 1.807) is 13.8 Å². The lowest BCUT2D eigenvalue weighted by Crippen LogP contribution is -2.30. The molecule has 0 aromatic carbocycles. The van der Waals surface area contributed by atoms with Crippen LogP contribution < -0.4 is 5.73 Å². The minimum absolute atomic E-state index is 0.102. The highest BCUT2D eigenvalue weighted by molar-refractivity contribution is 5.91. The second-order valence-corrected chi connectivity index (χ2v) is 3.80. The second kappa shape index (κ2) is 7.38. The first-order valence-corrected chi connectivity index (χ1v) is 5.26. The fourth-order valence-electron chi connectivity index (χ4n) is 1.12. The number of hydrogen-bond acceptors (Lipinski definition) is 4. The monoisotopic (exact) mass is 231 g/mol. The van der Waals surface area contributed by atoms with E-state index in [4.69, 9.17) is 15.2 Å². The normalized spacial score (nSPS) is 15.9. The van der Waals surface area contributed by atoms with Gasteiger partial charge in [-0.05, 0) is 26.8 Å². The smallest absolute Gasteiger partial charge is 0.244 e. The lowest BCUT2D eigenvalue weighted by Gasteiger charge is -2.19. The van der Waals surface area contributed by atoms with Gasteiger partial charge in [0.2, 0.25) is 5.91 Å². The fourth-order valence-corrected chi connectivity index (χ4v) is 1.12. The summed E-state index contributed by atoms with van der Waals surface area (Å²) in [4.78, 5) is 10.8. The molecule has 1 unspecified atom stereocenters. The minimum Gasteiger partial charge on any atom is -0.384 e. The molecule has 0 aromatic heterocycles. The van der Waals surface area contributed by atoms with E-state index in [9.17, 15) is 9.90 Å². The van der Waals surface area contributed by atoms with Crippen LogP contribution in [0, 0.1) is 0 Å². The van der Waals surface area contributed by atoms with Crippen molar-refractivity contribution in [2.24, 2.45) is 5.73 Å². The number of nitrogens with two attached hydrogens (primary N) is 1. The van der Waals surface area contributed by atoms with Crippen LogP contribution in [0.25, 0.3) is 0 Å². The predicted octanol–water partition coefficient (Wildman–Crippen LogP) is 0.222. The number of amides is 1. The van der Waals surface area contributed by atoms with Gasteiger partial charge in [0, 0.05) is 12.2 Å². The highest BCUT2D eigenvalue weighted by atomic mass is 16.5. The van der Waals surface area contributed by atoms with Gasteiger partial charge in [-0.15, -0.1) is 0 Å². The molecule has 0 heterocycles. The molecule has 0 fully saturated rings. The molecule has 5 heteroatoms. The molecule has 0 aliphatic carbocycles. The standard InChI is InChI=1S/C11H21NO4/c1-4-15-5-6-16-8-11(3,14)7-9(2)10(12)13/h7,14H,4-6,8H2,1-3H3,(H2,12,13)/b9-7+. The molecular formula is C11H21NO4. The Labute approximate surface area is 96.2 Å². The summed E-state index contributed by atoms with van der Waals surface area (Å²) in [6.45, 7) is 6.65. The molecule has 16 heavy (non-hydrogen) atoms. The molecule has 5 nitrogen and oxygen atoms in total. The number of hydrogen-bond donors (Lipinski definition) is 2. The Morgan fingerprint density at radius 3 is 2.50 bits per heavy atom. The Hall–Kier alpha value is -0.910. The first-order valence-electron chi connectivity index (χ1n) is 5.26. The van der Waals surface area contributed by atoms with Crippen molar-refractivity contribution in [3.63, 3.8) is 0 Å². The Morgan fingerprint density at radius 2 is 2.00 bits per heavy atom. The summed E-state index contributed by atoms with van der Waals surface area (Å²) >= 11 is 0. The van der Waals surface area contributed by atoms with Crippen molar-refractivity contribution >= 4 is 5.91 Å². The molecular weight excluding hydrogens is 210 g/mol. The highest BCUT2D eigenvalue weighted by Crippen LogP contribution is 2.09. The molecule has 0 rings (SSSR count). The second-order valence-electron chi connectivity index (χ2n) is 3.80. The lowest BCUT2D eigenvalue weighted by molar-refractivity contribution is -0.114. The van der Waals surface area contributed by atoms with Crippen LogP contribution in [0.15, 0.2) is 11.6 Å². The van der Waals surface area contributed by atoms with Crippen LogP contribution in [0.2, 0.25) is 0 Å². The maximum Gasteiger partial charge on any atom is 0.244 e. The average Bonchev–Trinajstić information content (AvgIpc) is 2.16. The zero-order valence-corrected chi connectivity index (χ0v) is 10.2. The van der Waals surface area contributed by atoms with Gasteiger partial charge in [0.05, 0.1) is 19.8 Å². The fraction of sp³-hybridized carbons (Fsp3) is 0.727. The number of aliphatic hydroxyl groups is 1. The third-order valence-electron chi connectivity index (χ3n) is 1.89. The van der Waals surface area contributed by atoms with Gasteiger partial charge < -0.3 is 20.3 Å². The number of ether oxygens (including phenoxy) is 2. The molecule has 0 aliphatic heterocycles. The van der Waals surface area contributed by atoms with Crippen LogP contribution in [0.3, 0.4) is 0 Å². The molecule has 0 radical (unpaired) electrons. The largest absolute Gasteiger partial charge is 0.384 e. The summed E-state index contributed by atoms with van der Waals surface area (Å²) in [5.41, 5.74) is 4.19. The summed E-state index contributed by atoms with van der Waals surface area (Å²) in [7, 11) is 0. The number of rotatable bonds is 8. The van der Waals surface area contributed by atoms with Crippen molar-refractivity contribution in [2.75, 3.05) is 26.4 Å². The number of carbonyl (C=O) groups excluding carboxylic acids is 1. The van der Waals surface area contributed by atoms with Crippen molar-refractivity contribution in [1.82, 2.24) is 0 Å². The molecule has 0 aromatic rings. The Bertz CT molecular complexity index is 248. The first kappa shape index (κ1) is 15.1. The molecule has 0 saturated carbocycles. The maximum atomic E-state index is 10.8. The zero-order chi connectivity index (χ0) is 12.6. The summed E-state index contributed by atoms with van der Waals surface area (Å²) in [6, 6.07) is 0. The Kier molecular flexibility index (Phi) is 6.96. The van der Waals surface area contributed by atoms with E-state index in [1.165, 1.54) is 6.08 Å². The summed E-state index contributed by atoms with van der Waals surface area (Å²) < 4.78 is 10.3.